The number of carbonyl (C=O) groups is 1. The van der Waals surface area contributed by atoms with E-state index in [1.807, 2.05) is 17.2 Å². The van der Waals surface area contributed by atoms with E-state index in [4.69, 9.17) is 10.5 Å². The Bertz CT molecular complexity index is 632. The zero-order chi connectivity index (χ0) is 17.9. The summed E-state index contributed by atoms with van der Waals surface area (Å²) in [4.78, 5) is 22.2. The van der Waals surface area contributed by atoms with Crippen LogP contribution in [0.25, 0.3) is 0 Å². The molecule has 0 aliphatic carbocycles. The first-order chi connectivity index (χ1) is 12.7. The summed E-state index contributed by atoms with van der Waals surface area (Å²) in [7, 11) is 0. The van der Waals surface area contributed by atoms with Crippen molar-refractivity contribution in [2.45, 2.75) is 50.7 Å². The molecule has 1 aromatic heterocycles. The molecule has 3 aliphatic heterocycles. The molecule has 2 N–H and O–H groups in total. The zero-order valence-corrected chi connectivity index (χ0v) is 15.5. The van der Waals surface area contributed by atoms with Crippen molar-refractivity contribution >= 4 is 5.91 Å². The van der Waals surface area contributed by atoms with Gasteiger partial charge in [0.15, 0.2) is 0 Å². The van der Waals surface area contributed by atoms with Crippen molar-refractivity contribution in [1.82, 2.24) is 14.8 Å². The quantitative estimate of drug-likeness (QED) is 0.860. The van der Waals surface area contributed by atoms with Crippen LogP contribution in [0.2, 0.25) is 0 Å². The molecule has 0 spiro atoms. The van der Waals surface area contributed by atoms with Crippen LogP contribution in [0.15, 0.2) is 18.3 Å². The molecular formula is C20H30N4O2. The predicted molar refractivity (Wildman–Crippen MR) is 99.5 cm³/mol. The minimum Gasteiger partial charge on any atom is -0.381 e. The van der Waals surface area contributed by atoms with Crippen LogP contribution in [-0.4, -0.2) is 65.6 Å². The molecule has 0 aromatic carbocycles. The van der Waals surface area contributed by atoms with Gasteiger partial charge < -0.3 is 15.4 Å². The van der Waals surface area contributed by atoms with E-state index in [-0.39, 0.29) is 12.0 Å². The molecule has 3 aliphatic rings. The van der Waals surface area contributed by atoms with E-state index in [0.717, 1.165) is 70.6 Å². The van der Waals surface area contributed by atoms with Crippen LogP contribution in [-0.2, 0) is 22.5 Å². The normalized spacial score (nSPS) is 28.4. The molecule has 2 atom stereocenters. The molecule has 4 rings (SSSR count). The van der Waals surface area contributed by atoms with Gasteiger partial charge in [0.2, 0.25) is 5.91 Å². The minimum atomic E-state index is 0.0598. The van der Waals surface area contributed by atoms with E-state index in [1.54, 1.807) is 0 Å². The third kappa shape index (κ3) is 3.92. The van der Waals surface area contributed by atoms with E-state index in [2.05, 4.69) is 16.0 Å². The number of hydrogen-bond donors (Lipinski definition) is 1. The lowest BCUT2D eigenvalue weighted by Crippen LogP contribution is -2.48. The van der Waals surface area contributed by atoms with Crippen molar-refractivity contribution < 1.29 is 9.53 Å². The number of pyridine rings is 1. The second kappa shape index (κ2) is 8.03. The number of ether oxygens (including phenoxy) is 1. The summed E-state index contributed by atoms with van der Waals surface area (Å²) in [5, 5.41) is 0. The third-order valence-corrected chi connectivity index (χ3v) is 6.14. The zero-order valence-electron chi connectivity index (χ0n) is 15.5. The van der Waals surface area contributed by atoms with Crippen LogP contribution in [0.3, 0.4) is 0 Å². The topological polar surface area (TPSA) is 71.7 Å². The summed E-state index contributed by atoms with van der Waals surface area (Å²) < 4.78 is 5.51. The molecule has 6 heteroatoms. The van der Waals surface area contributed by atoms with Crippen molar-refractivity contribution in [3.63, 3.8) is 0 Å². The van der Waals surface area contributed by atoms with E-state index in [1.165, 1.54) is 5.56 Å². The van der Waals surface area contributed by atoms with Gasteiger partial charge in [0.05, 0.1) is 5.92 Å². The van der Waals surface area contributed by atoms with Gasteiger partial charge in [-0.15, -0.1) is 0 Å². The lowest BCUT2D eigenvalue weighted by molar-refractivity contribution is -0.137. The number of likely N-dealkylation sites (tertiary alicyclic amines) is 1. The Morgan fingerprint density at radius 2 is 2.04 bits per heavy atom. The van der Waals surface area contributed by atoms with Gasteiger partial charge in [0.1, 0.15) is 0 Å². The van der Waals surface area contributed by atoms with Crippen LogP contribution >= 0.6 is 0 Å². The lowest BCUT2D eigenvalue weighted by atomic mass is 9.97. The average molecular weight is 358 g/mol. The summed E-state index contributed by atoms with van der Waals surface area (Å²) in [5.74, 6) is 0.357. The molecular weight excluding hydrogens is 328 g/mol. The van der Waals surface area contributed by atoms with Gasteiger partial charge in [-0.25, -0.2) is 0 Å². The Balaban J connectivity index is 1.44. The predicted octanol–water partition coefficient (Wildman–Crippen LogP) is 1.18. The SMILES string of the molecule is N[C@H]1CC[C@@H](C(=O)N2CCc3ncccc3C2)CN(C2CCOCC2)C1. The number of hydrogen-bond acceptors (Lipinski definition) is 5. The van der Waals surface area contributed by atoms with Crippen molar-refractivity contribution in [3.8, 4) is 0 Å². The van der Waals surface area contributed by atoms with Crippen LogP contribution < -0.4 is 5.73 Å². The highest BCUT2D eigenvalue weighted by Crippen LogP contribution is 2.26. The Hall–Kier alpha value is -1.50. The number of fused-ring (bicyclic) bond motifs is 1. The molecule has 26 heavy (non-hydrogen) atoms. The molecule has 0 bridgehead atoms. The summed E-state index contributed by atoms with van der Waals surface area (Å²) in [6, 6.07) is 4.74. The smallest absolute Gasteiger partial charge is 0.227 e. The Morgan fingerprint density at radius 3 is 2.88 bits per heavy atom. The molecule has 2 saturated heterocycles. The first kappa shape index (κ1) is 17.9. The summed E-state index contributed by atoms with van der Waals surface area (Å²) in [6.45, 7) is 4.87. The fraction of sp³-hybridized carbons (Fsp3) is 0.700. The van der Waals surface area contributed by atoms with Crippen LogP contribution in [0.5, 0.6) is 0 Å². The number of aromatic nitrogens is 1. The van der Waals surface area contributed by atoms with Gasteiger partial charge in [0, 0.05) is 69.8 Å². The molecule has 0 unspecified atom stereocenters. The molecule has 0 radical (unpaired) electrons. The van der Waals surface area contributed by atoms with Crippen LogP contribution in [0.4, 0.5) is 0 Å². The number of nitrogens with zero attached hydrogens (tertiary/aromatic N) is 3. The van der Waals surface area contributed by atoms with E-state index >= 15 is 0 Å². The lowest BCUT2D eigenvalue weighted by Gasteiger charge is -2.37. The van der Waals surface area contributed by atoms with Gasteiger partial charge in [0.25, 0.3) is 0 Å². The minimum absolute atomic E-state index is 0.0598. The highest BCUT2D eigenvalue weighted by Gasteiger charge is 2.34. The molecule has 0 saturated carbocycles. The fourth-order valence-corrected chi connectivity index (χ4v) is 4.62. The van der Waals surface area contributed by atoms with Crippen molar-refractivity contribution in [2.75, 3.05) is 32.8 Å². The molecule has 1 aromatic rings. The second-order valence-corrected chi connectivity index (χ2v) is 7.95. The van der Waals surface area contributed by atoms with Gasteiger partial charge in [-0.05, 0) is 37.3 Å². The first-order valence-electron chi connectivity index (χ1n) is 9.99. The average Bonchev–Trinajstić information content (AvgIpc) is 2.89. The highest BCUT2D eigenvalue weighted by molar-refractivity contribution is 5.79. The van der Waals surface area contributed by atoms with E-state index < -0.39 is 0 Å². The van der Waals surface area contributed by atoms with Gasteiger partial charge in [-0.3, -0.25) is 14.7 Å². The maximum atomic E-state index is 13.3. The summed E-state index contributed by atoms with van der Waals surface area (Å²) >= 11 is 0. The van der Waals surface area contributed by atoms with Crippen LogP contribution in [0.1, 0.15) is 36.9 Å². The maximum absolute atomic E-state index is 13.3. The Morgan fingerprint density at radius 1 is 1.19 bits per heavy atom. The molecule has 4 heterocycles. The van der Waals surface area contributed by atoms with Gasteiger partial charge in [-0.2, -0.15) is 0 Å². The van der Waals surface area contributed by atoms with Crippen LogP contribution in [0, 0.1) is 5.92 Å². The van der Waals surface area contributed by atoms with Gasteiger partial charge >= 0.3 is 0 Å². The monoisotopic (exact) mass is 358 g/mol. The number of amides is 1. The number of nitrogens with two attached hydrogens (primary N) is 1. The van der Waals surface area contributed by atoms with E-state index in [9.17, 15) is 4.79 Å². The van der Waals surface area contributed by atoms with Crippen molar-refractivity contribution in [2.24, 2.45) is 11.7 Å². The standard InChI is InChI=1S/C20H30N4O2/c21-17-4-3-16(13-24(14-17)18-6-10-26-11-7-18)20(25)23-9-5-19-15(12-23)2-1-8-22-19/h1-2,8,16-18H,3-7,9-14,21H2/t16-,17+/m1/s1. The van der Waals surface area contributed by atoms with Crippen molar-refractivity contribution in [3.05, 3.63) is 29.6 Å². The second-order valence-electron chi connectivity index (χ2n) is 7.95. The van der Waals surface area contributed by atoms with Crippen molar-refractivity contribution in [1.29, 1.82) is 0 Å². The third-order valence-electron chi connectivity index (χ3n) is 6.14. The largest absolute Gasteiger partial charge is 0.381 e. The first-order valence-corrected chi connectivity index (χ1v) is 9.99. The molecule has 6 nitrogen and oxygen atoms in total. The van der Waals surface area contributed by atoms with E-state index in [0.29, 0.717) is 18.5 Å². The maximum Gasteiger partial charge on any atom is 0.227 e. The molecule has 142 valence electrons. The highest BCUT2D eigenvalue weighted by atomic mass is 16.5. The molecule has 2 fully saturated rings. The number of carbonyl (C=O) groups excluding carboxylic acids is 1. The Kier molecular flexibility index (Phi) is 5.52. The summed E-state index contributed by atoms with van der Waals surface area (Å²) in [5.41, 5.74) is 8.66. The number of rotatable bonds is 2. The summed E-state index contributed by atoms with van der Waals surface area (Å²) in [6.07, 6.45) is 6.64. The Labute approximate surface area is 155 Å². The molecule has 1 amide bonds. The fourth-order valence-electron chi connectivity index (χ4n) is 4.62. The van der Waals surface area contributed by atoms with Gasteiger partial charge in [-0.1, -0.05) is 6.07 Å².